The molecule has 2 heterocycles. The van der Waals surface area contributed by atoms with Gasteiger partial charge in [-0.2, -0.15) is 0 Å². The first-order valence-corrected chi connectivity index (χ1v) is 7.19. The Hall–Kier alpha value is -1.58. The molecule has 0 radical (unpaired) electrons. The Labute approximate surface area is 113 Å². The highest BCUT2D eigenvalue weighted by Gasteiger charge is 2.30. The van der Waals surface area contributed by atoms with E-state index < -0.39 is 0 Å². The van der Waals surface area contributed by atoms with Crippen LogP contribution in [0.2, 0.25) is 0 Å². The average molecular weight is 260 g/mol. The molecule has 0 bridgehead atoms. The molecular formula is C15H20N2O2. The van der Waals surface area contributed by atoms with E-state index in [2.05, 4.69) is 10.3 Å². The van der Waals surface area contributed by atoms with Crippen molar-refractivity contribution in [2.24, 2.45) is 0 Å². The normalized spacial score (nSPS) is 19.7. The molecule has 1 aromatic rings. The number of carbonyl (C=O) groups is 1. The van der Waals surface area contributed by atoms with Gasteiger partial charge in [-0.25, -0.2) is 4.98 Å². The summed E-state index contributed by atoms with van der Waals surface area (Å²) in [5, 5.41) is 2.97. The standard InChI is InChI=1S/C15H20N2O2/c1-2-13(18)16-7-5-10-3-4-11-9-17-15-12(14(10)11)6-8-19-15/h9-10H,2-8H2,1H3,(H,16,18). The van der Waals surface area contributed by atoms with Gasteiger partial charge in [-0.05, 0) is 36.3 Å². The van der Waals surface area contributed by atoms with E-state index in [4.69, 9.17) is 4.74 Å². The van der Waals surface area contributed by atoms with Crippen LogP contribution in [0, 0.1) is 0 Å². The number of ether oxygens (including phenoxy) is 1. The molecule has 0 fully saturated rings. The fourth-order valence-corrected chi connectivity index (χ4v) is 3.19. The lowest BCUT2D eigenvalue weighted by atomic mass is 9.93. The predicted molar refractivity (Wildman–Crippen MR) is 72.4 cm³/mol. The third-order valence-electron chi connectivity index (χ3n) is 4.16. The summed E-state index contributed by atoms with van der Waals surface area (Å²) in [7, 11) is 0. The average Bonchev–Trinajstić information content (AvgIpc) is 3.03. The Kier molecular flexibility index (Phi) is 3.40. The smallest absolute Gasteiger partial charge is 0.219 e. The Morgan fingerprint density at radius 3 is 3.26 bits per heavy atom. The summed E-state index contributed by atoms with van der Waals surface area (Å²) in [6, 6.07) is 0. The van der Waals surface area contributed by atoms with Gasteiger partial charge in [-0.15, -0.1) is 0 Å². The second kappa shape index (κ2) is 5.19. The minimum absolute atomic E-state index is 0.140. The van der Waals surface area contributed by atoms with E-state index in [-0.39, 0.29) is 5.91 Å². The van der Waals surface area contributed by atoms with Crippen molar-refractivity contribution in [3.63, 3.8) is 0 Å². The van der Waals surface area contributed by atoms with Crippen LogP contribution in [0.1, 0.15) is 48.8 Å². The minimum Gasteiger partial charge on any atom is -0.477 e. The summed E-state index contributed by atoms with van der Waals surface area (Å²) in [6.45, 7) is 3.42. The Balaban J connectivity index is 1.71. The Morgan fingerprint density at radius 1 is 1.53 bits per heavy atom. The molecular weight excluding hydrogens is 240 g/mol. The molecule has 19 heavy (non-hydrogen) atoms. The number of rotatable bonds is 4. The first-order valence-electron chi connectivity index (χ1n) is 7.19. The number of fused-ring (bicyclic) bond motifs is 3. The topological polar surface area (TPSA) is 51.2 Å². The van der Waals surface area contributed by atoms with Gasteiger partial charge in [0.15, 0.2) is 0 Å². The zero-order chi connectivity index (χ0) is 13.2. The highest BCUT2D eigenvalue weighted by atomic mass is 16.5. The third kappa shape index (κ3) is 2.31. The molecule has 1 aromatic heterocycles. The van der Waals surface area contributed by atoms with Crippen LogP contribution in [0.4, 0.5) is 0 Å². The maximum Gasteiger partial charge on any atom is 0.219 e. The van der Waals surface area contributed by atoms with E-state index in [9.17, 15) is 4.79 Å². The summed E-state index contributed by atoms with van der Waals surface area (Å²) >= 11 is 0. The molecule has 1 aliphatic heterocycles. The molecule has 0 aromatic carbocycles. The van der Waals surface area contributed by atoms with Gasteiger partial charge >= 0.3 is 0 Å². The summed E-state index contributed by atoms with van der Waals surface area (Å²) in [6.07, 6.45) is 6.84. The van der Waals surface area contributed by atoms with Crippen molar-refractivity contribution in [2.45, 2.75) is 44.9 Å². The molecule has 1 N–H and O–H groups in total. The van der Waals surface area contributed by atoms with Crippen LogP contribution >= 0.6 is 0 Å². The number of pyridine rings is 1. The van der Waals surface area contributed by atoms with E-state index in [1.54, 1.807) is 0 Å². The number of amides is 1. The number of aryl methyl sites for hydroxylation is 1. The lowest BCUT2D eigenvalue weighted by Gasteiger charge is -2.14. The fraction of sp³-hybridized carbons (Fsp3) is 0.600. The van der Waals surface area contributed by atoms with Crippen LogP contribution < -0.4 is 10.1 Å². The van der Waals surface area contributed by atoms with E-state index in [0.29, 0.717) is 12.3 Å². The Bertz CT molecular complexity index is 499. The highest BCUT2D eigenvalue weighted by Crippen LogP contribution is 2.41. The Morgan fingerprint density at radius 2 is 2.42 bits per heavy atom. The van der Waals surface area contributed by atoms with Crippen LogP contribution in [0.3, 0.4) is 0 Å². The largest absolute Gasteiger partial charge is 0.477 e. The molecule has 1 unspecified atom stereocenters. The van der Waals surface area contributed by atoms with Crippen LogP contribution in [0.5, 0.6) is 5.88 Å². The zero-order valence-corrected chi connectivity index (χ0v) is 11.4. The molecule has 0 saturated carbocycles. The predicted octanol–water partition coefficient (Wildman–Crippen LogP) is 1.96. The third-order valence-corrected chi connectivity index (χ3v) is 4.16. The van der Waals surface area contributed by atoms with Crippen molar-refractivity contribution in [3.8, 4) is 5.88 Å². The molecule has 1 amide bonds. The second-order valence-corrected chi connectivity index (χ2v) is 5.31. The van der Waals surface area contributed by atoms with E-state index in [1.165, 1.54) is 23.1 Å². The number of hydrogen-bond donors (Lipinski definition) is 1. The van der Waals surface area contributed by atoms with Crippen molar-refractivity contribution in [3.05, 3.63) is 22.9 Å². The zero-order valence-electron chi connectivity index (χ0n) is 11.4. The van der Waals surface area contributed by atoms with Gasteiger partial charge in [0.05, 0.1) is 6.61 Å². The maximum absolute atomic E-state index is 11.3. The van der Waals surface area contributed by atoms with Crippen molar-refractivity contribution < 1.29 is 9.53 Å². The molecule has 2 aliphatic rings. The van der Waals surface area contributed by atoms with Gasteiger partial charge in [-0.1, -0.05) is 6.92 Å². The second-order valence-electron chi connectivity index (χ2n) is 5.31. The lowest BCUT2D eigenvalue weighted by Crippen LogP contribution is -2.24. The molecule has 1 aliphatic carbocycles. The molecule has 3 rings (SSSR count). The van der Waals surface area contributed by atoms with Gasteiger partial charge in [0.1, 0.15) is 0 Å². The van der Waals surface area contributed by atoms with E-state index in [0.717, 1.165) is 38.3 Å². The molecule has 0 spiro atoms. The maximum atomic E-state index is 11.3. The molecule has 0 saturated heterocycles. The monoisotopic (exact) mass is 260 g/mol. The SMILES string of the molecule is CCC(=O)NCCC1CCc2cnc3c(c21)CCO3. The lowest BCUT2D eigenvalue weighted by molar-refractivity contribution is -0.120. The summed E-state index contributed by atoms with van der Waals surface area (Å²) in [5.74, 6) is 1.54. The van der Waals surface area contributed by atoms with Crippen LogP contribution in [-0.4, -0.2) is 24.0 Å². The van der Waals surface area contributed by atoms with Crippen molar-refractivity contribution >= 4 is 5.91 Å². The number of hydrogen-bond acceptors (Lipinski definition) is 3. The van der Waals surface area contributed by atoms with Gasteiger partial charge < -0.3 is 10.1 Å². The fourth-order valence-electron chi connectivity index (χ4n) is 3.19. The first-order chi connectivity index (χ1) is 9.29. The molecule has 4 heteroatoms. The quantitative estimate of drug-likeness (QED) is 0.900. The minimum atomic E-state index is 0.140. The molecule has 102 valence electrons. The van der Waals surface area contributed by atoms with Gasteiger partial charge in [0, 0.05) is 31.1 Å². The van der Waals surface area contributed by atoms with Crippen molar-refractivity contribution in [1.82, 2.24) is 10.3 Å². The summed E-state index contributed by atoms with van der Waals surface area (Å²) < 4.78 is 5.55. The summed E-state index contributed by atoms with van der Waals surface area (Å²) in [4.78, 5) is 15.7. The highest BCUT2D eigenvalue weighted by molar-refractivity contribution is 5.75. The summed E-state index contributed by atoms with van der Waals surface area (Å²) in [5.41, 5.74) is 4.17. The number of carbonyl (C=O) groups excluding carboxylic acids is 1. The van der Waals surface area contributed by atoms with Gasteiger partial charge in [0.2, 0.25) is 11.8 Å². The first kappa shape index (κ1) is 12.5. The van der Waals surface area contributed by atoms with Crippen molar-refractivity contribution in [1.29, 1.82) is 0 Å². The van der Waals surface area contributed by atoms with Crippen LogP contribution in [0.25, 0.3) is 0 Å². The van der Waals surface area contributed by atoms with E-state index >= 15 is 0 Å². The van der Waals surface area contributed by atoms with Crippen LogP contribution in [0.15, 0.2) is 6.20 Å². The molecule has 1 atom stereocenters. The number of aromatic nitrogens is 1. The molecule has 4 nitrogen and oxygen atoms in total. The van der Waals surface area contributed by atoms with Gasteiger partial charge in [0.25, 0.3) is 0 Å². The number of nitrogens with zero attached hydrogens (tertiary/aromatic N) is 1. The van der Waals surface area contributed by atoms with Gasteiger partial charge in [-0.3, -0.25) is 4.79 Å². The number of nitrogens with one attached hydrogen (secondary N) is 1. The van der Waals surface area contributed by atoms with Crippen LogP contribution in [-0.2, 0) is 17.6 Å². The van der Waals surface area contributed by atoms with E-state index in [1.807, 2.05) is 13.1 Å². The van der Waals surface area contributed by atoms with Crippen molar-refractivity contribution in [2.75, 3.05) is 13.2 Å².